The first kappa shape index (κ1) is 29.3. The Morgan fingerprint density at radius 1 is 1.20 bits per heavy atom. The lowest BCUT2D eigenvalue weighted by atomic mass is 9.98. The van der Waals surface area contributed by atoms with Crippen molar-refractivity contribution in [3.8, 4) is 5.75 Å². The van der Waals surface area contributed by atoms with E-state index in [4.69, 9.17) is 4.74 Å². The first-order valence-corrected chi connectivity index (χ1v) is 15.0. The molecule has 2 aromatic heterocycles. The van der Waals surface area contributed by atoms with E-state index in [0.717, 1.165) is 21.8 Å². The van der Waals surface area contributed by atoms with Crippen molar-refractivity contribution >= 4 is 35.0 Å². The number of rotatable bonds is 14. The van der Waals surface area contributed by atoms with Gasteiger partial charge < -0.3 is 19.7 Å². The van der Waals surface area contributed by atoms with E-state index in [0.29, 0.717) is 42.7 Å². The van der Waals surface area contributed by atoms with E-state index in [9.17, 15) is 19.1 Å². The predicted octanol–water partition coefficient (Wildman–Crippen LogP) is 5.10. The van der Waals surface area contributed by atoms with Crippen LogP contribution in [-0.4, -0.2) is 49.6 Å². The van der Waals surface area contributed by atoms with Crippen LogP contribution in [0.5, 0.6) is 5.75 Å². The van der Waals surface area contributed by atoms with E-state index in [1.54, 1.807) is 36.9 Å². The third-order valence-corrected chi connectivity index (χ3v) is 7.96. The molecule has 0 fully saturated rings. The van der Waals surface area contributed by atoms with Crippen LogP contribution >= 0.6 is 23.1 Å². The van der Waals surface area contributed by atoms with Crippen molar-refractivity contribution in [1.82, 2.24) is 19.9 Å². The van der Waals surface area contributed by atoms with Crippen LogP contribution in [0.25, 0.3) is 0 Å². The number of ether oxygens (including phenoxy) is 1. The van der Waals surface area contributed by atoms with Crippen molar-refractivity contribution in [3.63, 3.8) is 0 Å². The maximum atomic E-state index is 13.5. The van der Waals surface area contributed by atoms with Crippen molar-refractivity contribution < 1.29 is 23.8 Å². The molecular formula is C29H31FN4O4S2. The first-order chi connectivity index (χ1) is 19.3. The lowest BCUT2D eigenvalue weighted by Gasteiger charge is -2.20. The smallest absolute Gasteiger partial charge is 0.326 e. The number of thiazole rings is 1. The molecule has 0 saturated carbocycles. The Hall–Kier alpha value is -3.70. The van der Waals surface area contributed by atoms with Crippen molar-refractivity contribution in [2.45, 2.75) is 37.8 Å². The molecule has 2 aromatic carbocycles. The highest BCUT2D eigenvalue weighted by atomic mass is 32.2. The maximum absolute atomic E-state index is 13.5. The summed E-state index contributed by atoms with van der Waals surface area (Å²) in [5.74, 6) is -0.806. The zero-order chi connectivity index (χ0) is 28.5. The number of hydrogen-bond donors (Lipinski definition) is 2. The summed E-state index contributed by atoms with van der Waals surface area (Å²) in [5, 5.41) is 15.0. The number of nitrogens with one attached hydrogen (secondary N) is 1. The molecule has 2 heterocycles. The van der Waals surface area contributed by atoms with Gasteiger partial charge in [-0.2, -0.15) is 11.8 Å². The van der Waals surface area contributed by atoms with Gasteiger partial charge in [0.1, 0.15) is 22.6 Å². The van der Waals surface area contributed by atoms with Gasteiger partial charge in [0.05, 0.1) is 6.33 Å². The monoisotopic (exact) mass is 582 g/mol. The minimum Gasteiger partial charge on any atom is -0.483 e. The van der Waals surface area contributed by atoms with E-state index in [1.165, 1.54) is 35.2 Å². The topological polar surface area (TPSA) is 106 Å². The molecular weight excluding hydrogens is 551 g/mol. The fraction of sp³-hybridized carbons (Fsp3) is 0.310. The molecule has 0 spiro atoms. The minimum absolute atomic E-state index is 0.306. The number of hydrogen-bond acceptors (Lipinski definition) is 7. The summed E-state index contributed by atoms with van der Waals surface area (Å²) >= 11 is 3.00. The van der Waals surface area contributed by atoms with Crippen LogP contribution in [0, 0.1) is 5.82 Å². The molecule has 4 rings (SSSR count). The van der Waals surface area contributed by atoms with Gasteiger partial charge in [-0.1, -0.05) is 18.2 Å². The van der Waals surface area contributed by atoms with E-state index >= 15 is 0 Å². The second kappa shape index (κ2) is 14.1. The number of aromatic nitrogens is 3. The average Bonchev–Trinajstić information content (AvgIpc) is 3.62. The number of carbonyl (C=O) groups is 2. The number of aryl methyl sites for hydroxylation is 3. The second-order valence-electron chi connectivity index (χ2n) is 9.27. The summed E-state index contributed by atoms with van der Waals surface area (Å²) < 4.78 is 21.7. The molecule has 8 nitrogen and oxygen atoms in total. The summed E-state index contributed by atoms with van der Waals surface area (Å²) in [6.07, 6.45) is 8.61. The Balaban J connectivity index is 1.61. The van der Waals surface area contributed by atoms with Crippen molar-refractivity contribution in [3.05, 3.63) is 99.8 Å². The summed E-state index contributed by atoms with van der Waals surface area (Å²) in [4.78, 5) is 33.9. The van der Waals surface area contributed by atoms with Gasteiger partial charge in [0.15, 0.2) is 6.10 Å². The number of halogens is 1. The Morgan fingerprint density at radius 3 is 2.65 bits per heavy atom. The molecule has 0 aliphatic rings. The van der Waals surface area contributed by atoms with Crippen LogP contribution in [-0.2, 0) is 31.1 Å². The van der Waals surface area contributed by atoms with Gasteiger partial charge in [-0.05, 0) is 66.7 Å². The summed E-state index contributed by atoms with van der Waals surface area (Å²) in [6, 6.07) is 10.5. The number of thioether (sulfide) groups is 1. The minimum atomic E-state index is -1.08. The molecule has 2 unspecified atom stereocenters. The lowest BCUT2D eigenvalue weighted by Crippen LogP contribution is -2.41. The number of aliphatic carboxylic acids is 1. The molecule has 11 heteroatoms. The zero-order valence-electron chi connectivity index (χ0n) is 22.2. The van der Waals surface area contributed by atoms with Crippen LogP contribution in [0.3, 0.4) is 0 Å². The number of amides is 1. The number of carbonyl (C=O) groups excluding carboxylic acids is 1. The van der Waals surface area contributed by atoms with Gasteiger partial charge >= 0.3 is 5.97 Å². The number of carboxylic acid groups (broad SMARTS) is 1. The van der Waals surface area contributed by atoms with Crippen molar-refractivity contribution in [2.75, 3.05) is 12.0 Å². The third kappa shape index (κ3) is 7.92. The Bertz CT molecular complexity index is 1410. The van der Waals surface area contributed by atoms with E-state index in [1.807, 2.05) is 35.4 Å². The molecule has 40 heavy (non-hydrogen) atoms. The number of imidazole rings is 1. The van der Waals surface area contributed by atoms with Gasteiger partial charge in [-0.3, -0.25) is 4.79 Å². The summed E-state index contributed by atoms with van der Waals surface area (Å²) in [6.45, 7) is 0. The number of carboxylic acids is 1. The molecule has 210 valence electrons. The second-order valence-corrected chi connectivity index (χ2v) is 11.2. The molecule has 0 aliphatic carbocycles. The highest BCUT2D eigenvalue weighted by molar-refractivity contribution is 7.98. The molecule has 4 aromatic rings. The van der Waals surface area contributed by atoms with E-state index in [-0.39, 0.29) is 5.82 Å². The van der Waals surface area contributed by atoms with E-state index in [2.05, 4.69) is 15.3 Å². The molecule has 0 saturated heterocycles. The lowest BCUT2D eigenvalue weighted by molar-refractivity contribution is -0.139. The van der Waals surface area contributed by atoms with Crippen LogP contribution < -0.4 is 10.1 Å². The fourth-order valence-electron chi connectivity index (χ4n) is 4.23. The quantitative estimate of drug-likeness (QED) is 0.213. The zero-order valence-corrected chi connectivity index (χ0v) is 23.9. The maximum Gasteiger partial charge on any atom is 0.326 e. The SMILES string of the molecule is CSCCC(NC(=O)c1cc(OC(Cc2cncn2C)c2nccs2)ccc1CCc1ccc(F)cc1)C(=O)O. The predicted molar refractivity (Wildman–Crippen MR) is 155 cm³/mol. The van der Waals surface area contributed by atoms with Gasteiger partial charge in [0, 0.05) is 42.5 Å². The molecule has 0 aliphatic heterocycles. The van der Waals surface area contributed by atoms with Gasteiger partial charge in [-0.25, -0.2) is 19.2 Å². The largest absolute Gasteiger partial charge is 0.483 e. The van der Waals surface area contributed by atoms with Gasteiger partial charge in [0.2, 0.25) is 0 Å². The average molecular weight is 583 g/mol. The highest BCUT2D eigenvalue weighted by Gasteiger charge is 2.24. The third-order valence-electron chi connectivity index (χ3n) is 6.45. The normalized spacial score (nSPS) is 12.6. The molecule has 0 bridgehead atoms. The van der Waals surface area contributed by atoms with Crippen molar-refractivity contribution in [1.29, 1.82) is 0 Å². The van der Waals surface area contributed by atoms with Gasteiger partial charge in [-0.15, -0.1) is 11.3 Å². The van der Waals surface area contributed by atoms with Crippen LogP contribution in [0.1, 0.15) is 44.7 Å². The van der Waals surface area contributed by atoms with Crippen LogP contribution in [0.4, 0.5) is 4.39 Å². The molecule has 0 radical (unpaired) electrons. The van der Waals surface area contributed by atoms with Crippen LogP contribution in [0.2, 0.25) is 0 Å². The summed E-state index contributed by atoms with van der Waals surface area (Å²) in [5.41, 5.74) is 2.97. The standard InChI is InChI=1S/C29H31FN4O4S2/c1-34-18-31-17-22(34)15-26(28-32-12-14-40-28)38-23-10-7-20(6-3-19-4-8-21(30)9-5-19)24(16-23)27(35)33-25(29(36)37)11-13-39-2/h4-5,7-10,12,14,16-18,25-26H,3,6,11,13,15H2,1-2H3,(H,33,35)(H,36,37). The van der Waals surface area contributed by atoms with Crippen LogP contribution in [0.15, 0.2) is 66.6 Å². The molecule has 2 atom stereocenters. The molecule has 2 N–H and O–H groups in total. The summed E-state index contributed by atoms with van der Waals surface area (Å²) in [7, 11) is 1.91. The molecule has 1 amide bonds. The van der Waals surface area contributed by atoms with E-state index < -0.39 is 24.0 Å². The highest BCUT2D eigenvalue weighted by Crippen LogP contribution is 2.29. The fourth-order valence-corrected chi connectivity index (χ4v) is 5.36. The Kier molecular flexibility index (Phi) is 10.3. The van der Waals surface area contributed by atoms with Crippen molar-refractivity contribution in [2.24, 2.45) is 7.05 Å². The first-order valence-electron chi connectivity index (χ1n) is 12.7. The Morgan fingerprint density at radius 2 is 2.00 bits per heavy atom. The number of nitrogens with zero attached hydrogens (tertiary/aromatic N) is 3. The Labute approximate surface area is 240 Å². The van der Waals surface area contributed by atoms with Gasteiger partial charge in [0.25, 0.3) is 5.91 Å². The number of benzene rings is 2.